The largest absolute Gasteiger partial charge is 0.407 e. The number of nitrogens with zero attached hydrogens (tertiary/aromatic N) is 2. The molecular weight excluding hydrogens is 220 g/mol. The van der Waals surface area contributed by atoms with Crippen molar-refractivity contribution in [2.45, 2.75) is 26.8 Å². The molecule has 1 heterocycles. The lowest BCUT2D eigenvalue weighted by Crippen LogP contribution is -2.16. The number of aromatic nitrogens is 2. The zero-order valence-electron chi connectivity index (χ0n) is 10.8. The van der Waals surface area contributed by atoms with E-state index in [2.05, 4.69) is 34.7 Å². The molecule has 0 aliphatic rings. The molecule has 0 bridgehead atoms. The van der Waals surface area contributed by atoms with Crippen LogP contribution in [0.1, 0.15) is 26.2 Å². The molecule has 0 saturated heterocycles. The van der Waals surface area contributed by atoms with Crippen LogP contribution in [0.5, 0.6) is 0 Å². The van der Waals surface area contributed by atoms with Gasteiger partial charge in [-0.3, -0.25) is 0 Å². The van der Waals surface area contributed by atoms with E-state index in [9.17, 15) is 0 Å². The molecule has 1 aromatic heterocycles. The summed E-state index contributed by atoms with van der Waals surface area (Å²) in [4.78, 5) is 0. The van der Waals surface area contributed by atoms with Crippen LogP contribution in [-0.4, -0.2) is 37.0 Å². The van der Waals surface area contributed by atoms with Crippen LogP contribution in [0.3, 0.4) is 0 Å². The first-order valence-corrected chi connectivity index (χ1v) is 6.02. The Morgan fingerprint density at radius 2 is 2.24 bits per heavy atom. The van der Waals surface area contributed by atoms with E-state index >= 15 is 0 Å². The van der Waals surface area contributed by atoms with E-state index in [0.717, 1.165) is 19.5 Å². The molecule has 6 heteroatoms. The van der Waals surface area contributed by atoms with Crippen LogP contribution in [0.4, 0.5) is 6.01 Å². The van der Waals surface area contributed by atoms with Gasteiger partial charge in [-0.1, -0.05) is 18.9 Å². The third kappa shape index (κ3) is 5.65. The van der Waals surface area contributed by atoms with E-state index < -0.39 is 0 Å². The first-order valence-electron chi connectivity index (χ1n) is 6.02. The highest BCUT2D eigenvalue weighted by molar-refractivity contribution is 5.16. The molecule has 6 nitrogen and oxygen atoms in total. The fraction of sp³-hybridized carbons (Fsp3) is 0.818. The lowest BCUT2D eigenvalue weighted by molar-refractivity contribution is 0.164. The molecule has 0 aliphatic heterocycles. The lowest BCUT2D eigenvalue weighted by atomic mass is 10.2. The normalized spacial score (nSPS) is 12.6. The van der Waals surface area contributed by atoms with E-state index in [1.165, 1.54) is 0 Å². The summed E-state index contributed by atoms with van der Waals surface area (Å²) in [5.74, 6) is 1.02. The first-order chi connectivity index (χ1) is 8.26. The maximum atomic E-state index is 5.42. The smallest absolute Gasteiger partial charge is 0.315 e. The average molecular weight is 242 g/mol. The van der Waals surface area contributed by atoms with Crippen LogP contribution in [-0.2, 0) is 11.3 Å². The number of hydrogen-bond acceptors (Lipinski definition) is 6. The average Bonchev–Trinajstić information content (AvgIpc) is 2.75. The SMILES string of the molecule is CCCNCc1nnc(NCC(C)COC)o1. The number of hydrogen-bond donors (Lipinski definition) is 2. The second-order valence-electron chi connectivity index (χ2n) is 4.12. The zero-order valence-corrected chi connectivity index (χ0v) is 10.8. The maximum Gasteiger partial charge on any atom is 0.315 e. The Morgan fingerprint density at radius 1 is 1.41 bits per heavy atom. The summed E-state index contributed by atoms with van der Waals surface area (Å²) in [6, 6.07) is 0.473. The van der Waals surface area contributed by atoms with Crippen LogP contribution in [0, 0.1) is 5.92 Å². The highest BCUT2D eigenvalue weighted by Crippen LogP contribution is 2.06. The summed E-state index contributed by atoms with van der Waals surface area (Å²) < 4.78 is 10.5. The van der Waals surface area contributed by atoms with Gasteiger partial charge in [-0.25, -0.2) is 0 Å². The predicted octanol–water partition coefficient (Wildman–Crippen LogP) is 1.26. The van der Waals surface area contributed by atoms with Crippen LogP contribution in [0.15, 0.2) is 4.42 Å². The minimum Gasteiger partial charge on any atom is -0.407 e. The van der Waals surface area contributed by atoms with Crippen LogP contribution >= 0.6 is 0 Å². The summed E-state index contributed by atoms with van der Waals surface area (Å²) in [6.45, 7) is 7.26. The van der Waals surface area contributed by atoms with Crippen LogP contribution < -0.4 is 10.6 Å². The Balaban J connectivity index is 2.25. The molecule has 0 amide bonds. The molecule has 1 atom stereocenters. The second-order valence-corrected chi connectivity index (χ2v) is 4.12. The molecule has 0 radical (unpaired) electrons. The Labute approximate surface area is 102 Å². The minimum atomic E-state index is 0.411. The van der Waals surface area contributed by atoms with Crippen molar-refractivity contribution in [1.29, 1.82) is 0 Å². The summed E-state index contributed by atoms with van der Waals surface area (Å²) in [5, 5.41) is 14.2. The Hall–Kier alpha value is -1.14. The van der Waals surface area contributed by atoms with Crippen molar-refractivity contribution in [3.8, 4) is 0 Å². The molecule has 98 valence electrons. The fourth-order valence-corrected chi connectivity index (χ4v) is 1.37. The quantitative estimate of drug-likeness (QED) is 0.635. The van der Waals surface area contributed by atoms with E-state index in [1.807, 2.05) is 0 Å². The molecule has 0 aromatic carbocycles. The van der Waals surface area contributed by atoms with Crippen molar-refractivity contribution in [2.24, 2.45) is 5.92 Å². The minimum absolute atomic E-state index is 0.411. The maximum absolute atomic E-state index is 5.42. The van der Waals surface area contributed by atoms with E-state index in [4.69, 9.17) is 9.15 Å². The van der Waals surface area contributed by atoms with Gasteiger partial charge in [0.1, 0.15) is 0 Å². The van der Waals surface area contributed by atoms with Gasteiger partial charge in [0.25, 0.3) is 0 Å². The second kappa shape index (κ2) is 8.03. The number of methoxy groups -OCH3 is 1. The van der Waals surface area contributed by atoms with E-state index in [1.54, 1.807) is 7.11 Å². The van der Waals surface area contributed by atoms with Gasteiger partial charge in [0.2, 0.25) is 5.89 Å². The standard InChI is InChI=1S/C11H22N4O2/c1-4-5-12-7-10-14-15-11(17-10)13-6-9(2)8-16-3/h9,12H,4-8H2,1-3H3,(H,13,15). The molecular formula is C11H22N4O2. The molecule has 1 rings (SSSR count). The zero-order chi connectivity index (χ0) is 12.5. The number of anilines is 1. The van der Waals surface area contributed by atoms with Gasteiger partial charge in [0.15, 0.2) is 0 Å². The highest BCUT2D eigenvalue weighted by Gasteiger charge is 2.07. The first kappa shape index (κ1) is 13.9. The van der Waals surface area contributed by atoms with Gasteiger partial charge in [0, 0.05) is 13.7 Å². The molecule has 0 spiro atoms. The van der Waals surface area contributed by atoms with Gasteiger partial charge in [0.05, 0.1) is 13.2 Å². The van der Waals surface area contributed by atoms with Crippen LogP contribution in [0.25, 0.3) is 0 Å². The predicted molar refractivity (Wildman–Crippen MR) is 65.8 cm³/mol. The monoisotopic (exact) mass is 242 g/mol. The van der Waals surface area contributed by atoms with Crippen molar-refractivity contribution in [3.63, 3.8) is 0 Å². The molecule has 1 aromatic rings. The number of rotatable bonds is 9. The van der Waals surface area contributed by atoms with Gasteiger partial charge < -0.3 is 19.8 Å². The topological polar surface area (TPSA) is 72.2 Å². The van der Waals surface area contributed by atoms with Crippen molar-refractivity contribution in [2.75, 3.05) is 32.1 Å². The number of nitrogens with one attached hydrogen (secondary N) is 2. The fourth-order valence-electron chi connectivity index (χ4n) is 1.37. The Bertz CT molecular complexity index is 303. The third-order valence-electron chi connectivity index (χ3n) is 2.22. The van der Waals surface area contributed by atoms with E-state index in [0.29, 0.717) is 31.0 Å². The third-order valence-corrected chi connectivity index (χ3v) is 2.22. The van der Waals surface area contributed by atoms with Crippen LogP contribution in [0.2, 0.25) is 0 Å². The molecule has 0 aliphatic carbocycles. The van der Waals surface area contributed by atoms with Gasteiger partial charge >= 0.3 is 6.01 Å². The lowest BCUT2D eigenvalue weighted by Gasteiger charge is -2.09. The van der Waals surface area contributed by atoms with Gasteiger partial charge in [-0.15, -0.1) is 5.10 Å². The molecule has 0 saturated carbocycles. The molecule has 0 fully saturated rings. The van der Waals surface area contributed by atoms with Crippen molar-refractivity contribution in [3.05, 3.63) is 5.89 Å². The van der Waals surface area contributed by atoms with Gasteiger partial charge in [-0.05, 0) is 18.9 Å². The van der Waals surface area contributed by atoms with Crippen molar-refractivity contribution in [1.82, 2.24) is 15.5 Å². The summed E-state index contributed by atoms with van der Waals surface area (Å²) >= 11 is 0. The van der Waals surface area contributed by atoms with Gasteiger partial charge in [-0.2, -0.15) is 0 Å². The van der Waals surface area contributed by atoms with E-state index in [-0.39, 0.29) is 0 Å². The molecule has 2 N–H and O–H groups in total. The number of ether oxygens (including phenoxy) is 1. The molecule has 17 heavy (non-hydrogen) atoms. The molecule has 1 unspecified atom stereocenters. The summed E-state index contributed by atoms with van der Waals surface area (Å²) in [7, 11) is 1.70. The summed E-state index contributed by atoms with van der Waals surface area (Å²) in [6.07, 6.45) is 1.09. The highest BCUT2D eigenvalue weighted by atomic mass is 16.5. The Kier molecular flexibility index (Phi) is 6.57. The van der Waals surface area contributed by atoms with Crippen molar-refractivity contribution < 1.29 is 9.15 Å². The Morgan fingerprint density at radius 3 is 2.94 bits per heavy atom. The summed E-state index contributed by atoms with van der Waals surface area (Å²) in [5.41, 5.74) is 0. The van der Waals surface area contributed by atoms with Crippen molar-refractivity contribution >= 4 is 6.01 Å².